The lowest BCUT2D eigenvalue weighted by Gasteiger charge is -2.15. The Labute approximate surface area is 109 Å². The van der Waals surface area contributed by atoms with E-state index in [2.05, 4.69) is 6.07 Å². The van der Waals surface area contributed by atoms with E-state index in [-0.39, 0.29) is 0 Å². The van der Waals surface area contributed by atoms with Gasteiger partial charge < -0.3 is 9.84 Å². The van der Waals surface area contributed by atoms with Crippen LogP contribution in [0, 0.1) is 0 Å². The van der Waals surface area contributed by atoms with Crippen LogP contribution in [0.3, 0.4) is 0 Å². The zero-order chi connectivity index (χ0) is 12.3. The van der Waals surface area contributed by atoms with Crippen LogP contribution in [-0.4, -0.2) is 12.2 Å². The van der Waals surface area contributed by atoms with Gasteiger partial charge in [0.1, 0.15) is 5.75 Å². The third-order valence-corrected chi connectivity index (χ3v) is 4.48. The number of ether oxygens (including phenoxy) is 1. The molecule has 0 aliphatic carbocycles. The summed E-state index contributed by atoms with van der Waals surface area (Å²) >= 11 is 3.35. The molecule has 1 aromatic heterocycles. The molecule has 0 spiro atoms. The molecule has 90 valence electrons. The van der Waals surface area contributed by atoms with Crippen molar-refractivity contribution >= 4 is 23.1 Å². The molecule has 0 aliphatic rings. The smallest absolute Gasteiger partial charge is 0.125 e. The van der Waals surface area contributed by atoms with E-state index in [0.717, 1.165) is 16.2 Å². The van der Waals surface area contributed by atoms with Gasteiger partial charge in [0.05, 0.1) is 17.4 Å². The van der Waals surface area contributed by atoms with Gasteiger partial charge in [-0.3, -0.25) is 0 Å². The van der Waals surface area contributed by atoms with Crippen molar-refractivity contribution in [3.8, 4) is 5.75 Å². The highest BCUT2D eigenvalue weighted by Gasteiger charge is 2.15. The quantitative estimate of drug-likeness (QED) is 0.908. The van der Waals surface area contributed by atoms with E-state index in [1.165, 1.54) is 4.21 Å². The predicted molar refractivity (Wildman–Crippen MR) is 72.1 cm³/mol. The van der Waals surface area contributed by atoms with E-state index < -0.39 is 6.10 Å². The Bertz CT molecular complexity index is 478. The molecular formula is C13H14O2S2. The van der Waals surface area contributed by atoms with Gasteiger partial charge in [-0.1, -0.05) is 23.9 Å². The summed E-state index contributed by atoms with van der Waals surface area (Å²) in [5.41, 5.74) is 0.855. The fourth-order valence-electron chi connectivity index (χ4n) is 1.63. The van der Waals surface area contributed by atoms with Gasteiger partial charge in [-0.15, -0.1) is 11.3 Å². The summed E-state index contributed by atoms with van der Waals surface area (Å²) in [4.78, 5) is 1.04. The molecular weight excluding hydrogens is 252 g/mol. The topological polar surface area (TPSA) is 29.5 Å². The Balaban J connectivity index is 2.39. The summed E-state index contributed by atoms with van der Waals surface area (Å²) in [6, 6.07) is 9.92. The van der Waals surface area contributed by atoms with Crippen LogP contribution in [0.15, 0.2) is 44.8 Å². The number of benzene rings is 1. The lowest BCUT2D eigenvalue weighted by atomic mass is 10.1. The van der Waals surface area contributed by atoms with Gasteiger partial charge >= 0.3 is 0 Å². The molecule has 1 atom stereocenters. The highest BCUT2D eigenvalue weighted by Crippen LogP contribution is 2.39. The molecule has 0 amide bonds. The van der Waals surface area contributed by atoms with Crippen molar-refractivity contribution in [2.75, 3.05) is 7.11 Å². The zero-order valence-electron chi connectivity index (χ0n) is 9.71. The Morgan fingerprint density at radius 1 is 1.29 bits per heavy atom. The number of hydrogen-bond donors (Lipinski definition) is 1. The molecule has 0 saturated carbocycles. The summed E-state index contributed by atoms with van der Waals surface area (Å²) < 4.78 is 6.51. The van der Waals surface area contributed by atoms with Crippen LogP contribution < -0.4 is 4.74 Å². The van der Waals surface area contributed by atoms with Gasteiger partial charge in [-0.05, 0) is 30.5 Å². The number of thiophene rings is 1. The van der Waals surface area contributed by atoms with Crippen LogP contribution in [0.5, 0.6) is 5.75 Å². The first kappa shape index (κ1) is 12.5. The van der Waals surface area contributed by atoms with Crippen molar-refractivity contribution in [3.05, 3.63) is 41.3 Å². The standard InChI is InChI=1S/C13H14O2S2/c1-9(14)13-10(15-2)5-3-6-11(13)17-12-7-4-8-16-12/h3-9,14H,1-2H3. The van der Waals surface area contributed by atoms with Crippen molar-refractivity contribution in [1.29, 1.82) is 0 Å². The minimum atomic E-state index is -0.534. The largest absolute Gasteiger partial charge is 0.496 e. The molecule has 0 radical (unpaired) electrons. The number of rotatable bonds is 4. The molecule has 1 heterocycles. The van der Waals surface area contributed by atoms with Gasteiger partial charge in [-0.25, -0.2) is 0 Å². The minimum absolute atomic E-state index is 0.534. The zero-order valence-corrected chi connectivity index (χ0v) is 11.3. The fraction of sp³-hybridized carbons (Fsp3) is 0.231. The van der Waals surface area contributed by atoms with E-state index >= 15 is 0 Å². The van der Waals surface area contributed by atoms with Gasteiger partial charge in [0.25, 0.3) is 0 Å². The Kier molecular flexibility index (Phi) is 4.10. The van der Waals surface area contributed by atoms with Crippen LogP contribution >= 0.6 is 23.1 Å². The molecule has 4 heteroatoms. The second-order valence-corrected chi connectivity index (χ2v) is 5.87. The molecule has 1 N–H and O–H groups in total. The summed E-state index contributed by atoms with van der Waals surface area (Å²) in [6.07, 6.45) is -0.534. The molecule has 2 aromatic rings. The van der Waals surface area contributed by atoms with Gasteiger partial charge in [0.15, 0.2) is 0 Å². The highest BCUT2D eigenvalue weighted by molar-refractivity contribution is 8.01. The van der Waals surface area contributed by atoms with Crippen LogP contribution in [0.4, 0.5) is 0 Å². The van der Waals surface area contributed by atoms with Crippen LogP contribution in [0.2, 0.25) is 0 Å². The molecule has 17 heavy (non-hydrogen) atoms. The second kappa shape index (κ2) is 5.58. The van der Waals surface area contributed by atoms with Crippen LogP contribution in [-0.2, 0) is 0 Å². The Morgan fingerprint density at radius 2 is 2.12 bits per heavy atom. The SMILES string of the molecule is COc1cccc(Sc2cccs2)c1C(C)O. The number of aliphatic hydroxyl groups is 1. The molecule has 1 unspecified atom stereocenters. The van der Waals surface area contributed by atoms with Crippen molar-refractivity contribution in [1.82, 2.24) is 0 Å². The monoisotopic (exact) mass is 266 g/mol. The van der Waals surface area contributed by atoms with Crippen LogP contribution in [0.25, 0.3) is 0 Å². The third-order valence-electron chi connectivity index (χ3n) is 2.37. The minimum Gasteiger partial charge on any atom is -0.496 e. The molecule has 0 fully saturated rings. The Hall–Kier alpha value is -0.970. The number of hydrogen-bond acceptors (Lipinski definition) is 4. The maximum Gasteiger partial charge on any atom is 0.125 e. The van der Waals surface area contributed by atoms with Gasteiger partial charge in [-0.2, -0.15) is 0 Å². The van der Waals surface area contributed by atoms with Gasteiger partial charge in [0, 0.05) is 10.5 Å². The molecule has 0 saturated heterocycles. The van der Waals surface area contributed by atoms with Gasteiger partial charge in [0.2, 0.25) is 0 Å². The fourth-order valence-corrected chi connectivity index (χ4v) is 3.60. The maximum atomic E-state index is 9.86. The third kappa shape index (κ3) is 2.83. The first-order valence-electron chi connectivity index (χ1n) is 5.28. The maximum absolute atomic E-state index is 9.86. The van der Waals surface area contributed by atoms with E-state index in [0.29, 0.717) is 0 Å². The second-order valence-electron chi connectivity index (χ2n) is 3.58. The summed E-state index contributed by atoms with van der Waals surface area (Å²) in [6.45, 7) is 1.76. The van der Waals surface area contributed by atoms with E-state index in [1.54, 1.807) is 37.1 Å². The van der Waals surface area contributed by atoms with Crippen molar-refractivity contribution in [3.63, 3.8) is 0 Å². The number of aliphatic hydroxyl groups excluding tert-OH is 1. The average Bonchev–Trinajstić information content (AvgIpc) is 2.81. The molecule has 2 nitrogen and oxygen atoms in total. The number of methoxy groups -OCH3 is 1. The van der Waals surface area contributed by atoms with Crippen molar-refractivity contribution < 1.29 is 9.84 Å². The first-order chi connectivity index (χ1) is 8.22. The van der Waals surface area contributed by atoms with Crippen molar-refractivity contribution in [2.45, 2.75) is 22.1 Å². The molecule has 1 aromatic carbocycles. The summed E-state index contributed by atoms with van der Waals surface area (Å²) in [7, 11) is 1.63. The van der Waals surface area contributed by atoms with E-state index in [1.807, 2.05) is 29.6 Å². The first-order valence-corrected chi connectivity index (χ1v) is 6.98. The molecule has 2 rings (SSSR count). The Morgan fingerprint density at radius 3 is 2.71 bits per heavy atom. The predicted octanol–water partition coefficient (Wildman–Crippen LogP) is 3.96. The average molecular weight is 266 g/mol. The van der Waals surface area contributed by atoms with Crippen molar-refractivity contribution in [2.24, 2.45) is 0 Å². The molecule has 0 bridgehead atoms. The molecule has 0 aliphatic heterocycles. The highest BCUT2D eigenvalue weighted by atomic mass is 32.2. The lowest BCUT2D eigenvalue weighted by Crippen LogP contribution is -1.98. The van der Waals surface area contributed by atoms with E-state index in [4.69, 9.17) is 4.74 Å². The van der Waals surface area contributed by atoms with Crippen LogP contribution in [0.1, 0.15) is 18.6 Å². The normalized spacial score (nSPS) is 12.4. The lowest BCUT2D eigenvalue weighted by molar-refractivity contribution is 0.191. The van der Waals surface area contributed by atoms with E-state index in [9.17, 15) is 5.11 Å². The summed E-state index contributed by atoms with van der Waals surface area (Å²) in [5, 5.41) is 11.9. The summed E-state index contributed by atoms with van der Waals surface area (Å²) in [5.74, 6) is 0.738.